The van der Waals surface area contributed by atoms with Crippen LogP contribution in [0.3, 0.4) is 0 Å². The van der Waals surface area contributed by atoms with E-state index in [-0.39, 0.29) is 9.79 Å². The Morgan fingerprint density at radius 1 is 0.812 bits per heavy atom. The summed E-state index contributed by atoms with van der Waals surface area (Å²) in [7, 11) is 1.81. The fourth-order valence-electron chi connectivity index (χ4n) is 2.31. The van der Waals surface area contributed by atoms with Crippen molar-refractivity contribution in [2.75, 3.05) is 5.32 Å². The molecule has 32 heavy (non-hydrogen) atoms. The summed E-state index contributed by atoms with van der Waals surface area (Å²) >= 11 is 0. The molecule has 1 N–H and O–H groups in total. The molecule has 0 spiro atoms. The molecule has 0 aromatic heterocycles. The van der Waals surface area contributed by atoms with Crippen molar-refractivity contribution in [3.8, 4) is 0 Å². The molecule has 0 bridgehead atoms. The Labute approximate surface area is 184 Å². The van der Waals surface area contributed by atoms with E-state index >= 15 is 0 Å². The first kappa shape index (κ1) is 26.0. The molecular weight excluding hydrogens is 490 g/mol. The zero-order valence-corrected chi connectivity index (χ0v) is 17.8. The molecule has 0 aliphatic rings. The maximum atomic E-state index is 14.0. The minimum atomic E-state index is -5.23. The highest BCUT2D eigenvalue weighted by molar-refractivity contribution is 8.76. The number of alkyl halides is 6. The van der Waals surface area contributed by atoms with Gasteiger partial charge in [-0.3, -0.25) is 9.59 Å². The lowest BCUT2D eigenvalue weighted by atomic mass is 10.1. The normalized spacial score (nSPS) is 12.1. The Balaban J connectivity index is 2.26. The van der Waals surface area contributed by atoms with E-state index in [1.165, 1.54) is 19.2 Å². The van der Waals surface area contributed by atoms with Crippen LogP contribution in [0.5, 0.6) is 0 Å². The highest BCUT2D eigenvalue weighted by atomic mass is 33.1. The van der Waals surface area contributed by atoms with Crippen LogP contribution in [0.1, 0.15) is 16.7 Å². The molecule has 13 heteroatoms. The largest absolute Gasteiger partial charge is 0.471 e. The zero-order valence-electron chi connectivity index (χ0n) is 16.2. The Hall–Kier alpha value is -2.28. The van der Waals surface area contributed by atoms with E-state index in [1.54, 1.807) is 0 Å². The van der Waals surface area contributed by atoms with Gasteiger partial charge in [-0.2, -0.15) is 26.3 Å². The van der Waals surface area contributed by atoms with Crippen molar-refractivity contribution in [2.24, 2.45) is 0 Å². The second-order valence-corrected chi connectivity index (χ2v) is 8.74. The van der Waals surface area contributed by atoms with Crippen molar-refractivity contribution in [1.82, 2.24) is 0 Å². The number of hydrogen-bond donors (Lipinski definition) is 1. The number of halogens is 8. The number of ketones is 1. The molecule has 1 amide bonds. The van der Waals surface area contributed by atoms with Crippen molar-refractivity contribution in [1.29, 1.82) is 0 Å². The standard InChI is InChI=1S/C19H13F8NO2S2/c1-8-3-11(20)10(6-16(29)18(22,23)24)5-14(8)31-32-15-7-13(12(21)4-9(15)2)28-17(30)19(25,26)27/h3-5,7H,6H2,1-2H3,(H,28,30). The Kier molecular flexibility index (Phi) is 7.87. The van der Waals surface area contributed by atoms with Crippen LogP contribution in [-0.2, 0) is 16.0 Å². The molecule has 0 saturated carbocycles. The van der Waals surface area contributed by atoms with Crippen LogP contribution in [0.4, 0.5) is 40.8 Å². The Morgan fingerprint density at radius 2 is 1.31 bits per heavy atom. The lowest BCUT2D eigenvalue weighted by Crippen LogP contribution is -2.30. The molecule has 0 aliphatic heterocycles. The van der Waals surface area contributed by atoms with Crippen molar-refractivity contribution in [3.63, 3.8) is 0 Å². The number of hydrogen-bond acceptors (Lipinski definition) is 4. The first-order valence-corrected chi connectivity index (χ1v) is 10.7. The molecule has 3 nitrogen and oxygen atoms in total. The second-order valence-electron chi connectivity index (χ2n) is 6.52. The van der Waals surface area contributed by atoms with Gasteiger partial charge in [0, 0.05) is 16.2 Å². The summed E-state index contributed by atoms with van der Waals surface area (Å²) in [4.78, 5) is 22.8. The van der Waals surface area contributed by atoms with Gasteiger partial charge in [0.2, 0.25) is 5.78 Å². The molecule has 0 heterocycles. The number of aryl methyl sites for hydroxylation is 2. The van der Waals surface area contributed by atoms with Crippen LogP contribution < -0.4 is 5.32 Å². The zero-order chi connectivity index (χ0) is 24.4. The number of carbonyl (C=O) groups is 2. The van der Waals surface area contributed by atoms with Gasteiger partial charge in [0.25, 0.3) is 0 Å². The van der Waals surface area contributed by atoms with Gasteiger partial charge in [-0.15, -0.1) is 0 Å². The van der Waals surface area contributed by atoms with Crippen molar-refractivity contribution in [2.45, 2.75) is 42.4 Å². The number of nitrogens with one attached hydrogen (secondary N) is 1. The molecule has 0 fully saturated rings. The van der Waals surface area contributed by atoms with Crippen molar-refractivity contribution < 1.29 is 44.7 Å². The highest BCUT2D eigenvalue weighted by Gasteiger charge is 2.39. The molecule has 0 unspecified atom stereocenters. The van der Waals surface area contributed by atoms with E-state index in [0.29, 0.717) is 11.1 Å². The van der Waals surface area contributed by atoms with Crippen LogP contribution in [0.15, 0.2) is 34.1 Å². The second kappa shape index (κ2) is 9.69. The van der Waals surface area contributed by atoms with Gasteiger partial charge in [0.05, 0.1) is 5.69 Å². The average molecular weight is 503 g/mol. The van der Waals surface area contributed by atoms with Gasteiger partial charge in [-0.05, 0) is 54.8 Å². The maximum Gasteiger partial charge on any atom is 0.471 e. The Bertz CT molecular complexity index is 968. The molecule has 174 valence electrons. The Morgan fingerprint density at radius 3 is 1.81 bits per heavy atom. The summed E-state index contributed by atoms with van der Waals surface area (Å²) in [5, 5.41) is 1.42. The number of amides is 1. The van der Waals surface area contributed by atoms with Crippen LogP contribution in [0, 0.1) is 25.5 Å². The fourth-order valence-corrected chi connectivity index (χ4v) is 4.85. The fraction of sp³-hybridized carbons (Fsp3) is 0.263. The van der Waals surface area contributed by atoms with Crippen LogP contribution in [-0.4, -0.2) is 24.0 Å². The SMILES string of the molecule is Cc1cc(F)c(CC(=O)C(F)(F)F)cc1SSc1cc(NC(=O)C(F)(F)F)c(F)cc1C. The van der Waals surface area contributed by atoms with Crippen LogP contribution >= 0.6 is 21.6 Å². The molecular formula is C19H13F8NO2S2. The third-order valence-corrected chi connectivity index (χ3v) is 6.65. The van der Waals surface area contributed by atoms with Gasteiger partial charge < -0.3 is 5.32 Å². The molecule has 2 rings (SSSR count). The first-order chi connectivity index (χ1) is 14.6. The summed E-state index contributed by atoms with van der Waals surface area (Å²) in [6, 6.07) is 3.89. The number of carbonyl (C=O) groups excluding carboxylic acids is 2. The minimum absolute atomic E-state index is 0.241. The van der Waals surface area contributed by atoms with Gasteiger partial charge in [0.1, 0.15) is 11.6 Å². The smallest absolute Gasteiger partial charge is 0.316 e. The third kappa shape index (κ3) is 6.61. The first-order valence-electron chi connectivity index (χ1n) is 8.51. The number of rotatable bonds is 6. The van der Waals surface area contributed by atoms with Gasteiger partial charge in [-0.25, -0.2) is 8.78 Å². The summed E-state index contributed by atoms with van der Waals surface area (Å²) in [6.07, 6.45) is -11.5. The molecule has 2 aromatic carbocycles. The predicted molar refractivity (Wildman–Crippen MR) is 103 cm³/mol. The van der Waals surface area contributed by atoms with Crippen molar-refractivity contribution in [3.05, 3.63) is 52.6 Å². The number of Topliss-reactive ketones (excluding diaryl/α,β-unsaturated/α-hetero) is 1. The van der Waals surface area contributed by atoms with Gasteiger partial charge in [0.15, 0.2) is 0 Å². The summed E-state index contributed by atoms with van der Waals surface area (Å²) in [5.74, 6) is -6.58. The summed E-state index contributed by atoms with van der Waals surface area (Å²) < 4.78 is 103. The maximum absolute atomic E-state index is 14.0. The molecule has 0 atom stereocenters. The summed E-state index contributed by atoms with van der Waals surface area (Å²) in [5.41, 5.74) is -0.561. The van der Waals surface area contributed by atoms with E-state index in [1.807, 2.05) is 0 Å². The van der Waals surface area contributed by atoms with Crippen LogP contribution in [0.2, 0.25) is 0 Å². The van der Waals surface area contributed by atoms with E-state index in [9.17, 15) is 44.7 Å². The lowest BCUT2D eigenvalue weighted by molar-refractivity contribution is -0.170. The number of benzene rings is 2. The quantitative estimate of drug-likeness (QED) is 0.359. The average Bonchev–Trinajstić information content (AvgIpc) is 2.64. The van der Waals surface area contributed by atoms with E-state index in [2.05, 4.69) is 0 Å². The van der Waals surface area contributed by atoms with E-state index in [0.717, 1.165) is 45.9 Å². The predicted octanol–water partition coefficient (Wildman–Crippen LogP) is 6.56. The van der Waals surface area contributed by atoms with Gasteiger partial charge >= 0.3 is 18.3 Å². The highest BCUT2D eigenvalue weighted by Crippen LogP contribution is 2.42. The van der Waals surface area contributed by atoms with E-state index < -0.39 is 53.3 Å². The minimum Gasteiger partial charge on any atom is -0.316 e. The molecule has 0 radical (unpaired) electrons. The topological polar surface area (TPSA) is 46.2 Å². The third-order valence-electron chi connectivity index (χ3n) is 4.00. The van der Waals surface area contributed by atoms with Gasteiger partial charge in [-0.1, -0.05) is 21.6 Å². The lowest BCUT2D eigenvalue weighted by Gasteiger charge is -2.13. The molecule has 2 aromatic rings. The summed E-state index contributed by atoms with van der Waals surface area (Å²) in [6.45, 7) is 2.92. The molecule has 0 saturated heterocycles. The molecule has 0 aliphatic carbocycles. The number of anilines is 1. The van der Waals surface area contributed by atoms with E-state index in [4.69, 9.17) is 0 Å². The van der Waals surface area contributed by atoms with Crippen molar-refractivity contribution >= 4 is 39.0 Å². The van der Waals surface area contributed by atoms with Crippen LogP contribution in [0.25, 0.3) is 0 Å². The monoisotopic (exact) mass is 503 g/mol.